The summed E-state index contributed by atoms with van der Waals surface area (Å²) >= 11 is 0. The van der Waals surface area contributed by atoms with Crippen LogP contribution in [0.5, 0.6) is 0 Å². The normalized spacial score (nSPS) is 19.9. The van der Waals surface area contributed by atoms with Crippen LogP contribution in [0.3, 0.4) is 0 Å². The van der Waals surface area contributed by atoms with Gasteiger partial charge in [-0.3, -0.25) is 4.79 Å². The monoisotopic (exact) mass is 442 g/mol. The van der Waals surface area contributed by atoms with Gasteiger partial charge in [0.15, 0.2) is 0 Å². The summed E-state index contributed by atoms with van der Waals surface area (Å²) < 4.78 is 53.3. The molecule has 1 amide bonds. The van der Waals surface area contributed by atoms with E-state index in [2.05, 4.69) is 10.6 Å². The van der Waals surface area contributed by atoms with Crippen molar-refractivity contribution in [3.8, 4) is 0 Å². The Morgan fingerprint density at radius 2 is 1.97 bits per heavy atom. The molecule has 1 aliphatic heterocycles. The topological polar surface area (TPSA) is 95.5 Å². The standard InChI is InChI=1S/C19H21F2N2O4PS/c20-19(21,28)13-5-3-6-15(8-13)29(26,27)17-7-2-1-4-12(17)10-23-18(25)16-9-14(24)11-22-16/h1-8,14,16,22,24H,9-11,28H2,(H,23,25)/t14-,16?/m1/s1. The van der Waals surface area contributed by atoms with E-state index in [-0.39, 0.29) is 28.7 Å². The third kappa shape index (κ3) is 4.98. The Labute approximate surface area is 169 Å². The molecular formula is C19H21F2N2O4PS. The molecule has 0 aromatic heterocycles. The molecule has 3 N–H and O–H groups in total. The Hall–Kier alpha value is -1.93. The third-order valence-electron chi connectivity index (χ3n) is 4.67. The van der Waals surface area contributed by atoms with Crippen molar-refractivity contribution >= 4 is 25.0 Å². The molecule has 29 heavy (non-hydrogen) atoms. The number of carbonyl (C=O) groups is 1. The molecule has 3 atom stereocenters. The number of rotatable bonds is 6. The molecule has 2 aromatic carbocycles. The van der Waals surface area contributed by atoms with Gasteiger partial charge in [-0.2, -0.15) is 8.78 Å². The van der Waals surface area contributed by atoms with E-state index in [1.165, 1.54) is 33.5 Å². The molecule has 1 heterocycles. The fourth-order valence-electron chi connectivity index (χ4n) is 3.13. The molecule has 156 valence electrons. The quantitative estimate of drug-likeness (QED) is 0.593. The summed E-state index contributed by atoms with van der Waals surface area (Å²) in [5.41, 5.74) is -3.35. The summed E-state index contributed by atoms with van der Waals surface area (Å²) in [5.74, 6) is -0.349. The number of β-amino-alcohol motifs (C(OH)–C–C–N with tert-alkyl or cyclic N) is 1. The molecule has 2 unspecified atom stereocenters. The van der Waals surface area contributed by atoms with Gasteiger partial charge in [-0.15, -0.1) is 0 Å². The van der Waals surface area contributed by atoms with Crippen molar-refractivity contribution in [2.24, 2.45) is 0 Å². The van der Waals surface area contributed by atoms with Crippen LogP contribution >= 0.6 is 9.24 Å². The number of aliphatic hydroxyl groups is 1. The lowest BCUT2D eigenvalue weighted by Gasteiger charge is -2.15. The SMILES string of the molecule is O=C(NCc1ccccc1S(=O)(=O)c1cccc(C(F)(F)P)c1)C1C[C@@H](O)CN1. The van der Waals surface area contributed by atoms with Gasteiger partial charge in [0.25, 0.3) is 5.66 Å². The molecule has 6 nitrogen and oxygen atoms in total. The van der Waals surface area contributed by atoms with Crippen molar-refractivity contribution in [1.29, 1.82) is 0 Å². The lowest BCUT2D eigenvalue weighted by atomic mass is 10.2. The number of amides is 1. The highest BCUT2D eigenvalue weighted by molar-refractivity contribution is 7.91. The summed E-state index contributed by atoms with van der Waals surface area (Å²) in [4.78, 5) is 11.9. The molecule has 1 saturated heterocycles. The van der Waals surface area contributed by atoms with E-state index >= 15 is 0 Å². The zero-order valence-electron chi connectivity index (χ0n) is 15.3. The molecule has 0 spiro atoms. The fraction of sp³-hybridized carbons (Fsp3) is 0.316. The highest BCUT2D eigenvalue weighted by Gasteiger charge is 2.29. The fourth-order valence-corrected chi connectivity index (χ4v) is 4.85. The van der Waals surface area contributed by atoms with E-state index in [4.69, 9.17) is 0 Å². The minimum atomic E-state index is -4.08. The highest BCUT2D eigenvalue weighted by Crippen LogP contribution is 2.36. The minimum Gasteiger partial charge on any atom is -0.392 e. The molecule has 1 fully saturated rings. The molecule has 3 rings (SSSR count). The van der Waals surface area contributed by atoms with Gasteiger partial charge in [0, 0.05) is 18.7 Å². The van der Waals surface area contributed by atoms with Crippen LogP contribution in [-0.4, -0.2) is 38.1 Å². The number of sulfone groups is 1. The van der Waals surface area contributed by atoms with E-state index in [0.717, 1.165) is 12.1 Å². The second kappa shape index (κ2) is 8.44. The van der Waals surface area contributed by atoms with Crippen LogP contribution in [0.4, 0.5) is 8.78 Å². The van der Waals surface area contributed by atoms with Crippen molar-refractivity contribution in [2.75, 3.05) is 6.54 Å². The van der Waals surface area contributed by atoms with Gasteiger partial charge in [-0.1, -0.05) is 39.6 Å². The summed E-state index contributed by atoms with van der Waals surface area (Å²) in [6, 6.07) is 10.2. The van der Waals surface area contributed by atoms with E-state index in [0.29, 0.717) is 12.1 Å². The number of nitrogens with one attached hydrogen (secondary N) is 2. The van der Waals surface area contributed by atoms with E-state index < -0.39 is 33.2 Å². The smallest absolute Gasteiger partial charge is 0.283 e. The Morgan fingerprint density at radius 1 is 1.24 bits per heavy atom. The first kappa shape index (κ1) is 21.8. The largest absolute Gasteiger partial charge is 0.392 e. The van der Waals surface area contributed by atoms with Crippen LogP contribution in [0.2, 0.25) is 0 Å². The Bertz CT molecular complexity index is 1010. The molecule has 0 radical (unpaired) electrons. The molecule has 0 aliphatic carbocycles. The van der Waals surface area contributed by atoms with Gasteiger partial charge in [0.2, 0.25) is 15.7 Å². The van der Waals surface area contributed by atoms with Crippen LogP contribution in [0, 0.1) is 0 Å². The second-order valence-corrected chi connectivity index (χ2v) is 9.47. The van der Waals surface area contributed by atoms with Gasteiger partial charge in [0.1, 0.15) is 0 Å². The first-order valence-electron chi connectivity index (χ1n) is 8.88. The van der Waals surface area contributed by atoms with Crippen molar-refractivity contribution in [3.05, 3.63) is 59.7 Å². The number of hydrogen-bond acceptors (Lipinski definition) is 5. The summed E-state index contributed by atoms with van der Waals surface area (Å²) in [6.07, 6.45) is -0.317. The maximum Gasteiger partial charge on any atom is 0.283 e. The molecule has 0 bridgehead atoms. The number of halogens is 2. The molecule has 1 aliphatic rings. The van der Waals surface area contributed by atoms with Crippen molar-refractivity contribution < 1.29 is 27.1 Å². The minimum absolute atomic E-state index is 0.0536. The van der Waals surface area contributed by atoms with Crippen LogP contribution < -0.4 is 10.6 Å². The van der Waals surface area contributed by atoms with Crippen molar-refractivity contribution in [1.82, 2.24) is 10.6 Å². The zero-order chi connectivity index (χ0) is 21.2. The van der Waals surface area contributed by atoms with Gasteiger partial charge in [-0.05, 0) is 30.2 Å². The predicted molar refractivity (Wildman–Crippen MR) is 106 cm³/mol. The second-order valence-electron chi connectivity index (χ2n) is 6.83. The van der Waals surface area contributed by atoms with Gasteiger partial charge in [-0.25, -0.2) is 8.42 Å². The van der Waals surface area contributed by atoms with Crippen molar-refractivity contribution in [3.63, 3.8) is 0 Å². The van der Waals surface area contributed by atoms with Crippen LogP contribution in [0.25, 0.3) is 0 Å². The van der Waals surface area contributed by atoms with Crippen LogP contribution in [0.15, 0.2) is 58.3 Å². The average molecular weight is 442 g/mol. The molecule has 0 saturated carbocycles. The van der Waals surface area contributed by atoms with Gasteiger partial charge < -0.3 is 15.7 Å². The van der Waals surface area contributed by atoms with E-state index in [1.54, 1.807) is 12.1 Å². The zero-order valence-corrected chi connectivity index (χ0v) is 17.3. The molecular weight excluding hydrogens is 421 g/mol. The first-order valence-corrected chi connectivity index (χ1v) is 10.9. The average Bonchev–Trinajstić information content (AvgIpc) is 3.12. The van der Waals surface area contributed by atoms with Crippen LogP contribution in [-0.2, 0) is 26.8 Å². The predicted octanol–water partition coefficient (Wildman–Crippen LogP) is 1.78. The van der Waals surface area contributed by atoms with E-state index in [1.807, 2.05) is 0 Å². The number of hydrogen-bond donors (Lipinski definition) is 3. The molecule has 2 aromatic rings. The Kier molecular flexibility index (Phi) is 6.33. The number of aliphatic hydroxyl groups excluding tert-OH is 1. The summed E-state index contributed by atoms with van der Waals surface area (Å²) in [6.45, 7) is 0.266. The van der Waals surface area contributed by atoms with Gasteiger partial charge >= 0.3 is 0 Å². The number of alkyl halides is 2. The highest BCUT2D eigenvalue weighted by atomic mass is 32.2. The Balaban J connectivity index is 1.85. The Morgan fingerprint density at radius 3 is 2.62 bits per heavy atom. The maximum absolute atomic E-state index is 13.6. The lowest BCUT2D eigenvalue weighted by molar-refractivity contribution is -0.123. The summed E-state index contributed by atoms with van der Waals surface area (Å²) in [5, 5.41) is 15.1. The molecule has 10 heteroatoms. The van der Waals surface area contributed by atoms with Crippen LogP contribution in [0.1, 0.15) is 17.5 Å². The van der Waals surface area contributed by atoms with Gasteiger partial charge in [0.05, 0.1) is 21.9 Å². The van der Waals surface area contributed by atoms with Crippen molar-refractivity contribution in [2.45, 2.75) is 40.6 Å². The lowest BCUT2D eigenvalue weighted by Crippen LogP contribution is -2.40. The maximum atomic E-state index is 13.6. The number of carbonyl (C=O) groups excluding carboxylic acids is 1. The third-order valence-corrected chi connectivity index (χ3v) is 6.85. The first-order chi connectivity index (χ1) is 13.6. The van der Waals surface area contributed by atoms with E-state index in [9.17, 15) is 27.1 Å². The number of benzene rings is 2. The summed E-state index contributed by atoms with van der Waals surface area (Å²) in [7, 11) is -2.69.